The van der Waals surface area contributed by atoms with Gasteiger partial charge in [0.2, 0.25) is 0 Å². The molecule has 0 aromatic heterocycles. The van der Waals surface area contributed by atoms with Crippen molar-refractivity contribution in [2.75, 3.05) is 0 Å². The summed E-state index contributed by atoms with van der Waals surface area (Å²) in [5, 5.41) is 0. The fourth-order valence-electron chi connectivity index (χ4n) is 2.84. The first-order chi connectivity index (χ1) is 5.31. The molecule has 0 aromatic carbocycles. The molecule has 0 aliphatic heterocycles. The quantitative estimate of drug-likeness (QED) is 0.554. The highest BCUT2D eigenvalue weighted by molar-refractivity contribution is 4.87. The van der Waals surface area contributed by atoms with Crippen LogP contribution in [0.2, 0.25) is 0 Å². The van der Waals surface area contributed by atoms with E-state index in [1.54, 1.807) is 0 Å². The number of rotatable bonds is 0. The van der Waals surface area contributed by atoms with E-state index >= 15 is 0 Å². The van der Waals surface area contributed by atoms with Gasteiger partial charge >= 0.3 is 0 Å². The fraction of sp³-hybridized carbons (Fsp3) is 1.00. The Morgan fingerprint density at radius 3 is 2.25 bits per heavy atom. The Balaban J connectivity index is 2.69. The SMILES string of the molecule is CC1(C)CCC(N)CC(C)(C)C1. The normalized spacial score (nSPS) is 34.2. The van der Waals surface area contributed by atoms with Crippen LogP contribution in [0.25, 0.3) is 0 Å². The van der Waals surface area contributed by atoms with Crippen LogP contribution < -0.4 is 5.73 Å². The van der Waals surface area contributed by atoms with Gasteiger partial charge in [-0.15, -0.1) is 0 Å². The topological polar surface area (TPSA) is 26.0 Å². The molecule has 0 saturated heterocycles. The molecule has 2 N–H and O–H groups in total. The maximum absolute atomic E-state index is 6.03. The summed E-state index contributed by atoms with van der Waals surface area (Å²) in [6.07, 6.45) is 5.00. The number of hydrogen-bond acceptors (Lipinski definition) is 1. The lowest BCUT2D eigenvalue weighted by atomic mass is 9.74. The molecule has 1 saturated carbocycles. The number of hydrogen-bond donors (Lipinski definition) is 1. The van der Waals surface area contributed by atoms with Gasteiger partial charge in [0.05, 0.1) is 0 Å². The zero-order valence-electron chi connectivity index (χ0n) is 8.98. The van der Waals surface area contributed by atoms with Gasteiger partial charge < -0.3 is 5.73 Å². The van der Waals surface area contributed by atoms with Crippen molar-refractivity contribution >= 4 is 0 Å². The minimum absolute atomic E-state index is 0.432. The van der Waals surface area contributed by atoms with Crippen LogP contribution in [0, 0.1) is 10.8 Å². The van der Waals surface area contributed by atoms with E-state index < -0.39 is 0 Å². The zero-order chi connectivity index (χ0) is 9.41. The largest absolute Gasteiger partial charge is 0.328 e. The van der Waals surface area contributed by atoms with E-state index in [1.165, 1.54) is 25.7 Å². The van der Waals surface area contributed by atoms with Crippen LogP contribution in [0.3, 0.4) is 0 Å². The summed E-state index contributed by atoms with van der Waals surface area (Å²) >= 11 is 0. The van der Waals surface area contributed by atoms with Crippen molar-refractivity contribution in [1.29, 1.82) is 0 Å². The predicted octanol–water partition coefficient (Wildman–Crippen LogP) is 2.94. The van der Waals surface area contributed by atoms with Crippen molar-refractivity contribution in [3.63, 3.8) is 0 Å². The molecule has 1 heteroatoms. The molecule has 0 heterocycles. The van der Waals surface area contributed by atoms with Crippen LogP contribution in [0.15, 0.2) is 0 Å². The second-order valence-electron chi connectivity index (χ2n) is 6.01. The Kier molecular flexibility index (Phi) is 2.53. The van der Waals surface area contributed by atoms with E-state index in [2.05, 4.69) is 27.7 Å². The Morgan fingerprint density at radius 1 is 1.08 bits per heavy atom. The van der Waals surface area contributed by atoms with Crippen molar-refractivity contribution in [3.05, 3.63) is 0 Å². The van der Waals surface area contributed by atoms with Gasteiger partial charge in [-0.1, -0.05) is 27.7 Å². The molecule has 0 spiro atoms. The van der Waals surface area contributed by atoms with Crippen LogP contribution in [0.1, 0.15) is 53.4 Å². The molecular weight excluding hydrogens is 146 g/mol. The zero-order valence-corrected chi connectivity index (χ0v) is 8.98. The second kappa shape index (κ2) is 3.02. The highest BCUT2D eigenvalue weighted by Crippen LogP contribution is 2.43. The average molecular weight is 169 g/mol. The standard InChI is InChI=1S/C11H23N/c1-10(2)6-5-9(12)7-11(3,4)8-10/h9H,5-8,12H2,1-4H3. The molecule has 72 valence electrons. The van der Waals surface area contributed by atoms with E-state index in [0.717, 1.165) is 0 Å². The number of nitrogens with two attached hydrogens (primary N) is 1. The maximum atomic E-state index is 6.03. The van der Waals surface area contributed by atoms with Crippen molar-refractivity contribution < 1.29 is 0 Å². The van der Waals surface area contributed by atoms with Crippen molar-refractivity contribution in [2.45, 2.75) is 59.4 Å². The van der Waals surface area contributed by atoms with Crippen molar-refractivity contribution in [3.8, 4) is 0 Å². The second-order valence-corrected chi connectivity index (χ2v) is 6.01. The molecule has 1 unspecified atom stereocenters. The highest BCUT2D eigenvalue weighted by Gasteiger charge is 2.33. The van der Waals surface area contributed by atoms with Crippen LogP contribution >= 0.6 is 0 Å². The van der Waals surface area contributed by atoms with Gasteiger partial charge in [0.15, 0.2) is 0 Å². The van der Waals surface area contributed by atoms with Crippen molar-refractivity contribution in [1.82, 2.24) is 0 Å². The lowest BCUT2D eigenvalue weighted by molar-refractivity contribution is 0.198. The van der Waals surface area contributed by atoms with Gasteiger partial charge in [0.25, 0.3) is 0 Å². The lowest BCUT2D eigenvalue weighted by Crippen LogP contribution is -2.26. The summed E-state index contributed by atoms with van der Waals surface area (Å²) in [4.78, 5) is 0. The molecule has 0 aromatic rings. The van der Waals surface area contributed by atoms with Crippen LogP contribution in [-0.2, 0) is 0 Å². The van der Waals surface area contributed by atoms with Gasteiger partial charge in [0.1, 0.15) is 0 Å². The lowest BCUT2D eigenvalue weighted by Gasteiger charge is -2.31. The summed E-state index contributed by atoms with van der Waals surface area (Å²) in [5.74, 6) is 0. The minimum Gasteiger partial charge on any atom is -0.328 e. The molecule has 1 aliphatic rings. The van der Waals surface area contributed by atoms with Gasteiger partial charge in [-0.05, 0) is 36.5 Å². The molecule has 0 radical (unpaired) electrons. The van der Waals surface area contributed by atoms with Crippen LogP contribution in [0.5, 0.6) is 0 Å². The third kappa shape index (κ3) is 2.78. The molecule has 0 amide bonds. The highest BCUT2D eigenvalue weighted by atomic mass is 14.6. The monoisotopic (exact) mass is 169 g/mol. The molecule has 12 heavy (non-hydrogen) atoms. The first-order valence-electron chi connectivity index (χ1n) is 5.06. The van der Waals surface area contributed by atoms with Gasteiger partial charge in [-0.2, -0.15) is 0 Å². The summed E-state index contributed by atoms with van der Waals surface area (Å²) < 4.78 is 0. The first-order valence-corrected chi connectivity index (χ1v) is 5.06. The van der Waals surface area contributed by atoms with E-state index in [0.29, 0.717) is 16.9 Å². The van der Waals surface area contributed by atoms with Gasteiger partial charge in [-0.25, -0.2) is 0 Å². The molecule has 0 bridgehead atoms. The Hall–Kier alpha value is -0.0400. The third-order valence-electron chi connectivity index (χ3n) is 2.96. The Bertz CT molecular complexity index is 158. The average Bonchev–Trinajstić information content (AvgIpc) is 1.86. The summed E-state index contributed by atoms with van der Waals surface area (Å²) in [7, 11) is 0. The molecule has 1 rings (SSSR count). The molecule has 1 fully saturated rings. The van der Waals surface area contributed by atoms with Crippen molar-refractivity contribution in [2.24, 2.45) is 16.6 Å². The third-order valence-corrected chi connectivity index (χ3v) is 2.96. The van der Waals surface area contributed by atoms with Gasteiger partial charge in [-0.3, -0.25) is 0 Å². The van der Waals surface area contributed by atoms with Gasteiger partial charge in [0, 0.05) is 6.04 Å². The summed E-state index contributed by atoms with van der Waals surface area (Å²) in [6, 6.07) is 0.432. The van der Waals surface area contributed by atoms with E-state index in [1.807, 2.05) is 0 Å². The Labute approximate surface area is 76.7 Å². The predicted molar refractivity (Wildman–Crippen MR) is 54.0 cm³/mol. The van der Waals surface area contributed by atoms with E-state index in [9.17, 15) is 0 Å². The minimum atomic E-state index is 0.432. The van der Waals surface area contributed by atoms with E-state index in [-0.39, 0.29) is 0 Å². The summed E-state index contributed by atoms with van der Waals surface area (Å²) in [5.41, 5.74) is 6.97. The van der Waals surface area contributed by atoms with Crippen LogP contribution in [-0.4, -0.2) is 6.04 Å². The van der Waals surface area contributed by atoms with Crippen LogP contribution in [0.4, 0.5) is 0 Å². The molecule has 1 nitrogen and oxygen atoms in total. The summed E-state index contributed by atoms with van der Waals surface area (Å²) in [6.45, 7) is 9.43. The fourth-order valence-corrected chi connectivity index (χ4v) is 2.84. The smallest absolute Gasteiger partial charge is 0.00441 e. The molecule has 1 aliphatic carbocycles. The van der Waals surface area contributed by atoms with E-state index in [4.69, 9.17) is 5.73 Å². The maximum Gasteiger partial charge on any atom is 0.00441 e. The Morgan fingerprint density at radius 2 is 1.67 bits per heavy atom. The molecule has 1 atom stereocenters. The first kappa shape index (κ1) is 10.0. The molecular formula is C11H23N.